The van der Waals surface area contributed by atoms with Gasteiger partial charge in [-0.1, -0.05) is 137 Å². The molecule has 0 aromatic rings. The highest BCUT2D eigenvalue weighted by atomic mass is 16.7. The monoisotopic (exact) mass is 991 g/mol. The SMILES string of the molecule is CCC/C=C/C/C=C/C/C=C/C/C=C/CCCCCC(=O)OC[C@@H](CO[C@@H]1O[C@H](CO[C@@H]2O[C@H](CO)[C@H](O)C(O)C2O)[C@H](O)C(O)C1O)OC(=O)CCCCCC/C=C/C/C=C/C/C=C/CCCCC. The van der Waals surface area contributed by atoms with Crippen molar-refractivity contribution in [3.8, 4) is 0 Å². The minimum atomic E-state index is -1.78. The molecular weight excluding hydrogens is 901 g/mol. The molecule has 7 N–H and O–H groups in total. The number of aliphatic hydroxyl groups excluding tert-OH is 7. The highest BCUT2D eigenvalue weighted by Gasteiger charge is 2.47. The number of carbonyl (C=O) groups excluding carboxylic acids is 2. The summed E-state index contributed by atoms with van der Waals surface area (Å²) < 4.78 is 33.5. The highest BCUT2D eigenvalue weighted by Crippen LogP contribution is 2.26. The first-order valence-electron chi connectivity index (χ1n) is 26.2. The predicted molar refractivity (Wildman–Crippen MR) is 270 cm³/mol. The second-order valence-corrected chi connectivity index (χ2v) is 18.0. The summed E-state index contributed by atoms with van der Waals surface area (Å²) in [7, 11) is 0. The number of rotatable bonds is 39. The van der Waals surface area contributed by atoms with Crippen LogP contribution in [0.3, 0.4) is 0 Å². The fraction of sp³-hybridized carbons (Fsp3) is 0.709. The van der Waals surface area contributed by atoms with Crippen LogP contribution in [0.1, 0.15) is 155 Å². The molecule has 11 atom stereocenters. The van der Waals surface area contributed by atoms with Gasteiger partial charge in [-0.15, -0.1) is 0 Å². The van der Waals surface area contributed by atoms with E-state index in [0.717, 1.165) is 89.9 Å². The standard InChI is InChI=1S/C55H90O15/c1-3-5-7-9-11-13-15-17-19-21-23-25-27-29-31-33-35-37-46(57)65-40-43(68-47(58)38-36-34-32-30-28-26-24-22-20-18-16-14-12-10-8-6-4-2)41-66-54-53(64)51(62)49(60)45(70-54)42-67-55-52(63)50(61)48(59)44(39-56)69-55/h7,9,12-15,18-21,24-27,43-45,48-56,59-64H,3-6,8,10-11,16-17,22-23,28-42H2,1-2H3/b9-7+,14-12+,15-13+,20-18+,21-19+,26-24+,27-25+/t43-,44+,45+,48-,49-,50?,51?,52?,53?,54+,55+/m0/s1. The van der Waals surface area contributed by atoms with Crippen molar-refractivity contribution >= 4 is 11.9 Å². The molecule has 0 aromatic heterocycles. The lowest BCUT2D eigenvalue weighted by Gasteiger charge is -2.42. The van der Waals surface area contributed by atoms with Crippen LogP contribution < -0.4 is 0 Å². The Balaban J connectivity index is 1.84. The third kappa shape index (κ3) is 28.7. The van der Waals surface area contributed by atoms with E-state index >= 15 is 0 Å². The van der Waals surface area contributed by atoms with Crippen molar-refractivity contribution in [2.75, 3.05) is 26.4 Å². The normalized spacial score (nSPS) is 26.1. The van der Waals surface area contributed by atoms with E-state index in [-0.39, 0.29) is 19.4 Å². The van der Waals surface area contributed by atoms with Gasteiger partial charge in [0, 0.05) is 12.8 Å². The van der Waals surface area contributed by atoms with Crippen molar-refractivity contribution in [1.29, 1.82) is 0 Å². The maximum absolute atomic E-state index is 13.0. The van der Waals surface area contributed by atoms with Gasteiger partial charge in [-0.05, 0) is 89.9 Å². The summed E-state index contributed by atoms with van der Waals surface area (Å²) in [6, 6.07) is 0. The molecule has 0 aliphatic carbocycles. The third-order valence-electron chi connectivity index (χ3n) is 11.8. The van der Waals surface area contributed by atoms with Crippen molar-refractivity contribution in [1.82, 2.24) is 0 Å². The lowest BCUT2D eigenvalue weighted by Crippen LogP contribution is -2.61. The zero-order valence-corrected chi connectivity index (χ0v) is 42.2. The first-order valence-corrected chi connectivity index (χ1v) is 26.2. The molecular formula is C55H90O15. The molecule has 70 heavy (non-hydrogen) atoms. The van der Waals surface area contributed by atoms with Gasteiger partial charge in [0.1, 0.15) is 55.4 Å². The van der Waals surface area contributed by atoms with Gasteiger partial charge in [-0.2, -0.15) is 0 Å². The second-order valence-electron chi connectivity index (χ2n) is 18.0. The maximum Gasteiger partial charge on any atom is 0.306 e. The first-order chi connectivity index (χ1) is 34.0. The molecule has 15 heteroatoms. The quantitative estimate of drug-likeness (QED) is 0.0179. The van der Waals surface area contributed by atoms with Crippen molar-refractivity contribution in [2.45, 2.75) is 223 Å². The van der Waals surface area contributed by atoms with Crippen LogP contribution in [-0.4, -0.2) is 142 Å². The number of unbranched alkanes of at least 4 members (excludes halogenated alkanes) is 11. The first kappa shape index (κ1) is 62.8. The Kier molecular flexibility index (Phi) is 36.9. The van der Waals surface area contributed by atoms with E-state index in [1.54, 1.807) is 0 Å². The summed E-state index contributed by atoms with van der Waals surface area (Å²) >= 11 is 0. The molecule has 0 bridgehead atoms. The van der Waals surface area contributed by atoms with Crippen molar-refractivity contribution < 1.29 is 73.8 Å². The molecule has 0 aromatic carbocycles. The fourth-order valence-corrected chi connectivity index (χ4v) is 7.51. The van der Waals surface area contributed by atoms with Gasteiger partial charge in [0.2, 0.25) is 0 Å². The molecule has 4 unspecified atom stereocenters. The van der Waals surface area contributed by atoms with E-state index in [4.69, 9.17) is 28.4 Å². The summed E-state index contributed by atoms with van der Waals surface area (Å²) in [6.45, 7) is 2.42. The lowest BCUT2D eigenvalue weighted by molar-refractivity contribution is -0.332. The van der Waals surface area contributed by atoms with Gasteiger partial charge >= 0.3 is 11.9 Å². The van der Waals surface area contributed by atoms with Crippen LogP contribution in [0.4, 0.5) is 0 Å². The Bertz CT molecular complexity index is 1540. The summed E-state index contributed by atoms with van der Waals surface area (Å²) in [5.74, 6) is -0.995. The van der Waals surface area contributed by atoms with Gasteiger partial charge in [0.25, 0.3) is 0 Å². The molecule has 2 saturated heterocycles. The molecule has 2 rings (SSSR count). The minimum Gasteiger partial charge on any atom is -0.462 e. The lowest BCUT2D eigenvalue weighted by atomic mass is 9.98. The number of carbonyl (C=O) groups is 2. The van der Waals surface area contributed by atoms with Crippen molar-refractivity contribution in [3.05, 3.63) is 85.1 Å². The van der Waals surface area contributed by atoms with E-state index < -0.39 is 99.3 Å². The highest BCUT2D eigenvalue weighted by molar-refractivity contribution is 5.70. The minimum absolute atomic E-state index is 0.127. The smallest absolute Gasteiger partial charge is 0.306 e. The zero-order valence-electron chi connectivity index (χ0n) is 42.2. The number of hydrogen-bond donors (Lipinski definition) is 7. The number of esters is 2. The third-order valence-corrected chi connectivity index (χ3v) is 11.8. The van der Waals surface area contributed by atoms with E-state index in [1.165, 1.54) is 25.7 Å². The van der Waals surface area contributed by atoms with Crippen molar-refractivity contribution in [3.63, 3.8) is 0 Å². The van der Waals surface area contributed by atoms with E-state index in [2.05, 4.69) is 98.9 Å². The number of aliphatic hydroxyl groups is 7. The Morgan fingerprint density at radius 2 is 0.886 bits per heavy atom. The van der Waals surface area contributed by atoms with Crippen LogP contribution in [0.5, 0.6) is 0 Å². The van der Waals surface area contributed by atoms with Gasteiger partial charge in [0.05, 0.1) is 19.8 Å². The largest absolute Gasteiger partial charge is 0.462 e. The van der Waals surface area contributed by atoms with Crippen LogP contribution in [0, 0.1) is 0 Å². The van der Waals surface area contributed by atoms with Gasteiger partial charge in [0.15, 0.2) is 18.7 Å². The van der Waals surface area contributed by atoms with E-state index in [9.17, 15) is 45.3 Å². The van der Waals surface area contributed by atoms with Gasteiger partial charge in [-0.25, -0.2) is 0 Å². The summed E-state index contributed by atoms with van der Waals surface area (Å²) in [5.41, 5.74) is 0. The molecule has 2 aliphatic heterocycles. The fourth-order valence-electron chi connectivity index (χ4n) is 7.51. The predicted octanol–water partition coefficient (Wildman–Crippen LogP) is 7.60. The topological polar surface area (TPSA) is 231 Å². The summed E-state index contributed by atoms with van der Waals surface area (Å²) in [4.78, 5) is 25.8. The number of allylic oxidation sites excluding steroid dienone is 14. The molecule has 0 radical (unpaired) electrons. The second kappa shape index (κ2) is 41.2. The summed E-state index contributed by atoms with van der Waals surface area (Å²) in [6.07, 6.45) is 33.1. The Morgan fingerprint density at radius 1 is 0.457 bits per heavy atom. The number of ether oxygens (including phenoxy) is 6. The molecule has 2 aliphatic rings. The van der Waals surface area contributed by atoms with E-state index in [0.29, 0.717) is 12.8 Å². The number of hydrogen-bond acceptors (Lipinski definition) is 15. The van der Waals surface area contributed by atoms with Crippen LogP contribution in [0.25, 0.3) is 0 Å². The Morgan fingerprint density at radius 3 is 1.40 bits per heavy atom. The van der Waals surface area contributed by atoms with Crippen LogP contribution in [0.15, 0.2) is 85.1 Å². The maximum atomic E-state index is 13.0. The van der Waals surface area contributed by atoms with Crippen molar-refractivity contribution in [2.24, 2.45) is 0 Å². The average Bonchev–Trinajstić information content (AvgIpc) is 3.35. The molecule has 2 heterocycles. The average molecular weight is 991 g/mol. The molecule has 0 spiro atoms. The molecule has 2 fully saturated rings. The van der Waals surface area contributed by atoms with Gasteiger partial charge in [-0.3, -0.25) is 9.59 Å². The summed E-state index contributed by atoms with van der Waals surface area (Å²) in [5, 5.41) is 72.1. The molecule has 15 nitrogen and oxygen atoms in total. The van der Waals surface area contributed by atoms with Crippen LogP contribution in [0.2, 0.25) is 0 Å². The van der Waals surface area contributed by atoms with Gasteiger partial charge < -0.3 is 64.2 Å². The Hall–Kier alpha value is -3.32. The molecule has 0 saturated carbocycles. The van der Waals surface area contributed by atoms with E-state index in [1.807, 2.05) is 0 Å². The van der Waals surface area contributed by atoms with Crippen LogP contribution in [-0.2, 0) is 38.0 Å². The molecule has 0 amide bonds. The Labute approximate surface area is 418 Å². The molecule has 400 valence electrons. The van der Waals surface area contributed by atoms with Crippen LogP contribution >= 0.6 is 0 Å². The zero-order chi connectivity index (χ0) is 51.0.